The van der Waals surface area contributed by atoms with Crippen molar-refractivity contribution in [1.29, 1.82) is 0 Å². The number of likely N-dealkylation sites (N-methyl/N-ethyl adjacent to an activating group) is 1. The van der Waals surface area contributed by atoms with Gasteiger partial charge >= 0.3 is 0 Å². The van der Waals surface area contributed by atoms with Crippen LogP contribution in [0.5, 0.6) is 0 Å². The Bertz CT molecular complexity index is 761. The Balaban J connectivity index is 1.83. The van der Waals surface area contributed by atoms with E-state index in [2.05, 4.69) is 27.0 Å². The Morgan fingerprint density at radius 3 is 2.57 bits per heavy atom. The van der Waals surface area contributed by atoms with Crippen LogP contribution in [0.1, 0.15) is 23.8 Å². The molecule has 150 valence electrons. The van der Waals surface area contributed by atoms with Gasteiger partial charge in [0.25, 0.3) is 5.91 Å². The zero-order valence-electron chi connectivity index (χ0n) is 16.7. The van der Waals surface area contributed by atoms with Gasteiger partial charge in [0.1, 0.15) is 11.5 Å². The van der Waals surface area contributed by atoms with Crippen LogP contribution in [0.3, 0.4) is 0 Å². The van der Waals surface area contributed by atoms with Gasteiger partial charge in [-0.15, -0.1) is 0 Å². The molecule has 0 saturated carbocycles. The first-order valence-electron chi connectivity index (χ1n) is 9.90. The number of piperazine rings is 1. The minimum absolute atomic E-state index is 0.177. The van der Waals surface area contributed by atoms with Crippen LogP contribution in [0.4, 0.5) is 5.82 Å². The van der Waals surface area contributed by atoms with E-state index in [1.165, 1.54) is 0 Å². The molecule has 0 radical (unpaired) electrons. The predicted molar refractivity (Wildman–Crippen MR) is 111 cm³/mol. The van der Waals surface area contributed by atoms with Crippen molar-refractivity contribution in [1.82, 2.24) is 20.2 Å². The van der Waals surface area contributed by atoms with Crippen LogP contribution < -0.4 is 10.2 Å². The second kappa shape index (κ2) is 10.1. The highest BCUT2D eigenvalue weighted by Crippen LogP contribution is 2.21. The molecule has 1 aliphatic heterocycles. The van der Waals surface area contributed by atoms with Gasteiger partial charge in [-0.1, -0.05) is 37.3 Å². The number of anilines is 1. The van der Waals surface area contributed by atoms with E-state index in [0.717, 1.165) is 50.5 Å². The molecule has 0 unspecified atom stereocenters. The molecule has 0 spiro atoms. The third kappa shape index (κ3) is 5.27. The lowest BCUT2D eigenvalue weighted by Gasteiger charge is -2.34. The monoisotopic (exact) mass is 383 g/mol. The zero-order valence-corrected chi connectivity index (χ0v) is 16.7. The molecule has 1 saturated heterocycles. The first kappa shape index (κ1) is 20.2. The Morgan fingerprint density at radius 1 is 1.14 bits per heavy atom. The second-order valence-corrected chi connectivity index (χ2v) is 6.82. The summed E-state index contributed by atoms with van der Waals surface area (Å²) >= 11 is 0. The van der Waals surface area contributed by atoms with Gasteiger partial charge in [-0.25, -0.2) is 9.97 Å². The number of nitrogens with one attached hydrogen (secondary N) is 1. The molecule has 28 heavy (non-hydrogen) atoms. The van der Waals surface area contributed by atoms with Crippen molar-refractivity contribution in [3.05, 3.63) is 42.1 Å². The standard InChI is InChI=1S/C21H29N5O2/c1-3-25-11-13-26(14-12-25)19-16-18(21(27)22-10-7-15-28-2)23-20(24-19)17-8-5-4-6-9-17/h4-6,8-9,16H,3,7,10-15H2,1-2H3,(H,22,27). The summed E-state index contributed by atoms with van der Waals surface area (Å²) in [4.78, 5) is 26.6. The van der Waals surface area contributed by atoms with Crippen molar-refractivity contribution in [3.63, 3.8) is 0 Å². The number of rotatable bonds is 8. The van der Waals surface area contributed by atoms with Gasteiger partial charge in [-0.3, -0.25) is 4.79 Å². The normalized spacial score (nSPS) is 14.9. The average molecular weight is 383 g/mol. The molecule has 7 nitrogen and oxygen atoms in total. The molecule has 7 heteroatoms. The smallest absolute Gasteiger partial charge is 0.270 e. The van der Waals surface area contributed by atoms with E-state index in [-0.39, 0.29) is 5.91 Å². The number of benzene rings is 1. The summed E-state index contributed by atoms with van der Waals surface area (Å²) in [6.45, 7) is 8.21. The van der Waals surface area contributed by atoms with E-state index in [9.17, 15) is 4.79 Å². The van der Waals surface area contributed by atoms with Crippen LogP contribution in [0, 0.1) is 0 Å². The molecule has 1 N–H and O–H groups in total. The van der Waals surface area contributed by atoms with E-state index < -0.39 is 0 Å². The number of methoxy groups -OCH3 is 1. The van der Waals surface area contributed by atoms with Crippen molar-refractivity contribution in [2.45, 2.75) is 13.3 Å². The van der Waals surface area contributed by atoms with Crippen LogP contribution in [-0.2, 0) is 4.74 Å². The fourth-order valence-electron chi connectivity index (χ4n) is 3.23. The molecule has 0 bridgehead atoms. The third-order valence-electron chi connectivity index (χ3n) is 4.93. The largest absolute Gasteiger partial charge is 0.385 e. The number of carbonyl (C=O) groups is 1. The summed E-state index contributed by atoms with van der Waals surface area (Å²) in [5, 5.41) is 2.92. The average Bonchev–Trinajstić information content (AvgIpc) is 2.77. The van der Waals surface area contributed by atoms with Crippen molar-refractivity contribution < 1.29 is 9.53 Å². The first-order valence-corrected chi connectivity index (χ1v) is 9.90. The van der Waals surface area contributed by atoms with Crippen LogP contribution in [-0.4, -0.2) is 73.8 Å². The van der Waals surface area contributed by atoms with Gasteiger partial charge in [0.05, 0.1) is 0 Å². The van der Waals surface area contributed by atoms with Gasteiger partial charge in [0.2, 0.25) is 0 Å². The maximum absolute atomic E-state index is 12.7. The molecular weight excluding hydrogens is 354 g/mol. The van der Waals surface area contributed by atoms with Crippen LogP contribution in [0.25, 0.3) is 11.4 Å². The fourth-order valence-corrected chi connectivity index (χ4v) is 3.23. The SMILES string of the molecule is CCN1CCN(c2cc(C(=O)NCCCOC)nc(-c3ccccc3)n2)CC1. The van der Waals surface area contributed by atoms with Crippen molar-refractivity contribution >= 4 is 11.7 Å². The Hall–Kier alpha value is -2.51. The highest BCUT2D eigenvalue weighted by molar-refractivity contribution is 5.93. The first-order chi connectivity index (χ1) is 13.7. The molecule has 0 atom stereocenters. The number of aromatic nitrogens is 2. The summed E-state index contributed by atoms with van der Waals surface area (Å²) in [6.07, 6.45) is 0.769. The number of hydrogen-bond acceptors (Lipinski definition) is 6. The maximum Gasteiger partial charge on any atom is 0.270 e. The molecule has 1 aliphatic rings. The van der Waals surface area contributed by atoms with E-state index in [0.29, 0.717) is 24.7 Å². The summed E-state index contributed by atoms with van der Waals surface area (Å²) in [7, 11) is 1.66. The van der Waals surface area contributed by atoms with Crippen LogP contribution in [0.15, 0.2) is 36.4 Å². The highest BCUT2D eigenvalue weighted by atomic mass is 16.5. The molecule has 2 aromatic rings. The van der Waals surface area contributed by atoms with Crippen LogP contribution >= 0.6 is 0 Å². The fraction of sp³-hybridized carbons (Fsp3) is 0.476. The molecular formula is C21H29N5O2. The topological polar surface area (TPSA) is 70.6 Å². The van der Waals surface area contributed by atoms with Gasteiger partial charge in [0.15, 0.2) is 5.82 Å². The maximum atomic E-state index is 12.7. The Labute approximate surface area is 166 Å². The number of carbonyl (C=O) groups excluding carboxylic acids is 1. The van der Waals surface area contributed by atoms with Crippen molar-refractivity contribution in [2.24, 2.45) is 0 Å². The van der Waals surface area contributed by atoms with E-state index in [1.54, 1.807) is 13.2 Å². The second-order valence-electron chi connectivity index (χ2n) is 6.82. The van der Waals surface area contributed by atoms with Crippen molar-refractivity contribution in [2.75, 3.05) is 57.9 Å². The summed E-state index contributed by atoms with van der Waals surface area (Å²) < 4.78 is 5.04. The molecule has 1 aromatic carbocycles. The van der Waals surface area contributed by atoms with E-state index in [1.807, 2.05) is 30.3 Å². The van der Waals surface area contributed by atoms with Crippen molar-refractivity contribution in [3.8, 4) is 11.4 Å². The Kier molecular flexibility index (Phi) is 7.33. The third-order valence-corrected chi connectivity index (χ3v) is 4.93. The van der Waals surface area contributed by atoms with E-state index >= 15 is 0 Å². The summed E-state index contributed by atoms with van der Waals surface area (Å²) in [5.74, 6) is 1.22. The van der Waals surface area contributed by atoms with Gasteiger partial charge in [-0.2, -0.15) is 0 Å². The van der Waals surface area contributed by atoms with Crippen LogP contribution in [0.2, 0.25) is 0 Å². The minimum atomic E-state index is -0.177. The summed E-state index contributed by atoms with van der Waals surface area (Å²) in [5.41, 5.74) is 1.31. The molecule has 0 aliphatic carbocycles. The van der Waals surface area contributed by atoms with E-state index in [4.69, 9.17) is 9.72 Å². The quantitative estimate of drug-likeness (QED) is 0.704. The number of amides is 1. The predicted octanol–water partition coefficient (Wildman–Crippen LogP) is 2.05. The van der Waals surface area contributed by atoms with Gasteiger partial charge in [0, 0.05) is 58.1 Å². The van der Waals surface area contributed by atoms with Gasteiger partial charge < -0.3 is 19.9 Å². The summed E-state index contributed by atoms with van der Waals surface area (Å²) in [6, 6.07) is 11.6. The number of ether oxygens (including phenoxy) is 1. The van der Waals surface area contributed by atoms with Gasteiger partial charge in [-0.05, 0) is 13.0 Å². The minimum Gasteiger partial charge on any atom is -0.385 e. The lowest BCUT2D eigenvalue weighted by molar-refractivity contribution is 0.0943. The molecule has 1 aromatic heterocycles. The zero-order chi connectivity index (χ0) is 19.8. The highest BCUT2D eigenvalue weighted by Gasteiger charge is 2.20. The lowest BCUT2D eigenvalue weighted by Crippen LogP contribution is -2.46. The lowest BCUT2D eigenvalue weighted by atomic mass is 10.2. The number of nitrogens with zero attached hydrogens (tertiary/aromatic N) is 4. The molecule has 2 heterocycles. The number of hydrogen-bond donors (Lipinski definition) is 1. The Morgan fingerprint density at radius 2 is 1.89 bits per heavy atom. The molecule has 1 amide bonds. The molecule has 3 rings (SSSR count). The molecule has 1 fully saturated rings.